The molecular weight excluding hydrogens is 438 g/mol. The Morgan fingerprint density at radius 2 is 1.81 bits per heavy atom. The molecule has 2 aromatic heterocycles. The predicted molar refractivity (Wildman–Crippen MR) is 132 cm³/mol. The van der Waals surface area contributed by atoms with Crippen molar-refractivity contribution in [3.05, 3.63) is 64.5 Å². The van der Waals surface area contributed by atoms with Gasteiger partial charge in [0.25, 0.3) is 0 Å². The second-order valence-electron chi connectivity index (χ2n) is 8.08. The highest BCUT2D eigenvalue weighted by atomic mass is 32.1. The molecule has 1 amide bonds. The summed E-state index contributed by atoms with van der Waals surface area (Å²) >= 11 is 3.25. The molecule has 0 radical (unpaired) electrons. The van der Waals surface area contributed by atoms with Crippen LogP contribution in [0.2, 0.25) is 0 Å². The second-order valence-corrected chi connectivity index (χ2v) is 10.1. The smallest absolute Gasteiger partial charge is 0.240 e. The quantitative estimate of drug-likeness (QED) is 0.457. The Bertz CT molecular complexity index is 1210. The molecule has 1 aliphatic heterocycles. The zero-order chi connectivity index (χ0) is 21.9. The molecule has 6 nitrogen and oxygen atoms in total. The number of hydrogen-bond acceptors (Lipinski definition) is 7. The van der Waals surface area contributed by atoms with Crippen LogP contribution in [0.15, 0.2) is 53.9 Å². The van der Waals surface area contributed by atoms with Crippen LogP contribution in [-0.4, -0.2) is 58.4 Å². The number of nitrogens with one attached hydrogen (secondary N) is 1. The van der Waals surface area contributed by atoms with E-state index in [1.807, 2.05) is 30.3 Å². The van der Waals surface area contributed by atoms with Crippen molar-refractivity contribution in [2.75, 3.05) is 38.0 Å². The normalized spacial score (nSPS) is 15.3. The maximum absolute atomic E-state index is 12.5. The molecule has 3 heterocycles. The van der Waals surface area contributed by atoms with E-state index in [-0.39, 0.29) is 5.91 Å². The van der Waals surface area contributed by atoms with E-state index in [0.29, 0.717) is 11.7 Å². The van der Waals surface area contributed by atoms with Gasteiger partial charge in [0.15, 0.2) is 5.13 Å². The molecule has 1 fully saturated rings. The van der Waals surface area contributed by atoms with E-state index in [2.05, 4.69) is 50.6 Å². The van der Waals surface area contributed by atoms with Crippen molar-refractivity contribution in [2.45, 2.75) is 13.5 Å². The number of piperazine rings is 1. The van der Waals surface area contributed by atoms with Gasteiger partial charge in [0.05, 0.1) is 29.0 Å². The van der Waals surface area contributed by atoms with E-state index in [1.165, 1.54) is 16.9 Å². The SMILES string of the molecule is Cc1ccc2nc(NC(=O)CN3CCN(Cc4nc(-c5ccccc5)cs4)CC3)sc2c1. The first kappa shape index (κ1) is 21.2. The Kier molecular flexibility index (Phi) is 6.27. The summed E-state index contributed by atoms with van der Waals surface area (Å²) < 4.78 is 1.10. The maximum atomic E-state index is 12.5. The molecule has 1 N–H and O–H groups in total. The summed E-state index contributed by atoms with van der Waals surface area (Å²) in [5.41, 5.74) is 4.34. The largest absolute Gasteiger partial charge is 0.301 e. The lowest BCUT2D eigenvalue weighted by Crippen LogP contribution is -2.48. The third-order valence-electron chi connectivity index (χ3n) is 5.60. The number of thiazole rings is 2. The third kappa shape index (κ3) is 5.05. The van der Waals surface area contributed by atoms with Crippen LogP contribution in [0.5, 0.6) is 0 Å². The number of benzene rings is 2. The van der Waals surface area contributed by atoms with Gasteiger partial charge in [-0.25, -0.2) is 9.97 Å². The van der Waals surface area contributed by atoms with E-state index < -0.39 is 0 Å². The Morgan fingerprint density at radius 1 is 1.03 bits per heavy atom. The fourth-order valence-electron chi connectivity index (χ4n) is 3.87. The highest BCUT2D eigenvalue weighted by Crippen LogP contribution is 2.27. The van der Waals surface area contributed by atoms with Crippen molar-refractivity contribution < 1.29 is 4.79 Å². The minimum atomic E-state index is 0.00153. The lowest BCUT2D eigenvalue weighted by Gasteiger charge is -2.33. The summed E-state index contributed by atoms with van der Waals surface area (Å²) in [6, 6.07) is 16.4. The summed E-state index contributed by atoms with van der Waals surface area (Å²) in [7, 11) is 0. The van der Waals surface area contributed by atoms with Crippen LogP contribution < -0.4 is 5.32 Å². The molecule has 0 saturated carbocycles. The summed E-state index contributed by atoms with van der Waals surface area (Å²) in [6.45, 7) is 6.96. The van der Waals surface area contributed by atoms with Gasteiger partial charge in [0.2, 0.25) is 5.91 Å². The summed E-state index contributed by atoms with van der Waals surface area (Å²) in [4.78, 5) is 26.5. The van der Waals surface area contributed by atoms with Gasteiger partial charge < -0.3 is 5.32 Å². The Balaban J connectivity index is 1.10. The van der Waals surface area contributed by atoms with Crippen LogP contribution >= 0.6 is 22.7 Å². The molecule has 0 unspecified atom stereocenters. The van der Waals surface area contributed by atoms with Crippen molar-refractivity contribution in [3.8, 4) is 11.3 Å². The van der Waals surface area contributed by atoms with Crippen molar-refractivity contribution in [1.29, 1.82) is 0 Å². The van der Waals surface area contributed by atoms with Gasteiger partial charge in [0.1, 0.15) is 5.01 Å². The molecule has 0 bridgehead atoms. The molecule has 4 aromatic rings. The standard InChI is InChI=1S/C24H25N5OS2/c1-17-7-8-19-21(13-17)32-24(26-19)27-22(30)14-28-9-11-29(12-10-28)15-23-25-20(16-31-23)18-5-3-2-4-6-18/h2-8,13,16H,9-12,14-15H2,1H3,(H,26,27,30). The molecule has 0 aliphatic carbocycles. The number of aromatic nitrogens is 2. The van der Waals surface area contributed by atoms with E-state index >= 15 is 0 Å². The molecule has 1 saturated heterocycles. The summed E-state index contributed by atoms with van der Waals surface area (Å²) in [5, 5.41) is 6.92. The van der Waals surface area contributed by atoms with Gasteiger partial charge in [-0.15, -0.1) is 11.3 Å². The first-order valence-corrected chi connectivity index (χ1v) is 12.4. The molecule has 0 atom stereocenters. The molecule has 32 heavy (non-hydrogen) atoms. The van der Waals surface area contributed by atoms with Crippen LogP contribution in [0.4, 0.5) is 5.13 Å². The number of fused-ring (bicyclic) bond motifs is 1. The third-order valence-corrected chi connectivity index (χ3v) is 7.37. The zero-order valence-electron chi connectivity index (χ0n) is 18.0. The average molecular weight is 464 g/mol. The van der Waals surface area contributed by atoms with Gasteiger partial charge in [0, 0.05) is 37.1 Å². The number of carbonyl (C=O) groups is 1. The van der Waals surface area contributed by atoms with Gasteiger partial charge in [-0.1, -0.05) is 47.7 Å². The summed E-state index contributed by atoms with van der Waals surface area (Å²) in [5.74, 6) is 0.00153. The predicted octanol–water partition coefficient (Wildman–Crippen LogP) is 4.48. The topological polar surface area (TPSA) is 61.4 Å². The molecule has 1 aliphatic rings. The molecule has 8 heteroatoms. The highest BCUT2D eigenvalue weighted by molar-refractivity contribution is 7.22. The van der Waals surface area contributed by atoms with Crippen molar-refractivity contribution in [3.63, 3.8) is 0 Å². The molecule has 2 aromatic carbocycles. The second kappa shape index (κ2) is 9.46. The fourth-order valence-corrected chi connectivity index (χ4v) is 5.69. The maximum Gasteiger partial charge on any atom is 0.240 e. The highest BCUT2D eigenvalue weighted by Gasteiger charge is 2.20. The number of hydrogen-bond donors (Lipinski definition) is 1. The Hall–Kier alpha value is -2.65. The van der Waals surface area contributed by atoms with Crippen LogP contribution in [0.25, 0.3) is 21.5 Å². The fraction of sp³-hybridized carbons (Fsp3) is 0.292. The minimum absolute atomic E-state index is 0.00153. The number of nitrogens with zero attached hydrogens (tertiary/aromatic N) is 4. The Morgan fingerprint density at radius 3 is 2.62 bits per heavy atom. The van der Waals surface area contributed by atoms with Gasteiger partial charge >= 0.3 is 0 Å². The van der Waals surface area contributed by atoms with Gasteiger partial charge in [-0.2, -0.15) is 0 Å². The number of carbonyl (C=O) groups excluding carboxylic acids is 1. The lowest BCUT2D eigenvalue weighted by atomic mass is 10.2. The van der Waals surface area contributed by atoms with Crippen LogP contribution in [0.1, 0.15) is 10.6 Å². The number of aryl methyl sites for hydroxylation is 1. The Labute approximate surface area is 195 Å². The van der Waals surface area contributed by atoms with E-state index in [4.69, 9.17) is 4.98 Å². The van der Waals surface area contributed by atoms with Crippen LogP contribution in [-0.2, 0) is 11.3 Å². The molecule has 5 rings (SSSR count). The molecule has 0 spiro atoms. The van der Waals surface area contributed by atoms with Gasteiger partial charge in [-0.05, 0) is 24.6 Å². The van der Waals surface area contributed by atoms with E-state index in [0.717, 1.165) is 59.2 Å². The lowest BCUT2D eigenvalue weighted by molar-refractivity contribution is -0.117. The number of anilines is 1. The minimum Gasteiger partial charge on any atom is -0.301 e. The van der Waals surface area contributed by atoms with Crippen molar-refractivity contribution >= 4 is 43.9 Å². The zero-order valence-corrected chi connectivity index (χ0v) is 19.6. The number of amides is 1. The number of rotatable bonds is 6. The average Bonchev–Trinajstić information content (AvgIpc) is 3.42. The van der Waals surface area contributed by atoms with Gasteiger partial charge in [-0.3, -0.25) is 14.6 Å². The molecular formula is C24H25N5OS2. The monoisotopic (exact) mass is 463 g/mol. The van der Waals surface area contributed by atoms with Crippen LogP contribution in [0.3, 0.4) is 0 Å². The van der Waals surface area contributed by atoms with E-state index in [1.54, 1.807) is 11.3 Å². The first-order chi connectivity index (χ1) is 15.6. The first-order valence-electron chi connectivity index (χ1n) is 10.7. The summed E-state index contributed by atoms with van der Waals surface area (Å²) in [6.07, 6.45) is 0. The van der Waals surface area contributed by atoms with E-state index in [9.17, 15) is 4.79 Å². The van der Waals surface area contributed by atoms with Crippen LogP contribution in [0, 0.1) is 6.92 Å². The molecule has 164 valence electrons. The van der Waals surface area contributed by atoms with Crippen molar-refractivity contribution in [2.24, 2.45) is 0 Å². The van der Waals surface area contributed by atoms with Crippen molar-refractivity contribution in [1.82, 2.24) is 19.8 Å².